The molecule has 8 rings (SSSR count). The van der Waals surface area contributed by atoms with Gasteiger partial charge in [0.1, 0.15) is 11.2 Å². The maximum atomic E-state index is 6.51. The minimum atomic E-state index is -0.159. The van der Waals surface area contributed by atoms with E-state index in [-0.39, 0.29) is 5.41 Å². The number of fused-ring (bicyclic) bond motifs is 5. The predicted octanol–water partition coefficient (Wildman–Crippen LogP) is 14.1. The van der Waals surface area contributed by atoms with Gasteiger partial charge in [0.05, 0.1) is 0 Å². The zero-order valence-corrected chi connectivity index (χ0v) is 30.6. The van der Waals surface area contributed by atoms with Crippen molar-refractivity contribution in [2.45, 2.75) is 26.2 Å². The predicted molar refractivity (Wildman–Crippen MR) is 228 cm³/mol. The number of para-hydroxylation sites is 1. The van der Waals surface area contributed by atoms with Crippen LogP contribution in [0, 0.1) is 0 Å². The smallest absolute Gasteiger partial charge is 0.143 e. The standard InChI is InChI=1S/C51H43NO/c1-6-7-15-35(2)40-18-13-19-41(34-40)39-25-29-43(30-26-39)52(42-27-23-38(24-28-42)37-16-9-8-10-17-37)33-14-21-46-36(3)49-47(51(46,4)5)32-31-45-44-20-11-12-22-48(44)53-50(45)49/h6-32,34H,1-2,33H2,3-5H3/b15-7-,21-14-. The Labute approximate surface area is 313 Å². The van der Waals surface area contributed by atoms with Crippen LogP contribution in [0.1, 0.15) is 37.5 Å². The molecule has 0 bridgehead atoms. The second-order valence-corrected chi connectivity index (χ2v) is 14.3. The SMILES string of the molecule is C=C/C=C\C(=C)c1cccc(-c2ccc(N(C/C=C\C3=C(C)c4c(ccc5c4oc4ccccc45)C3(C)C)c3ccc(-c4ccccc4)cc3)cc2)c1. The Morgan fingerprint density at radius 2 is 1.34 bits per heavy atom. The van der Waals surface area contributed by atoms with Crippen LogP contribution in [0.15, 0.2) is 193 Å². The van der Waals surface area contributed by atoms with E-state index in [2.05, 4.69) is 184 Å². The Bertz CT molecular complexity index is 2570. The van der Waals surface area contributed by atoms with E-state index >= 15 is 0 Å². The molecule has 7 aromatic rings. The molecule has 0 spiro atoms. The van der Waals surface area contributed by atoms with Gasteiger partial charge in [0.25, 0.3) is 0 Å². The first kappa shape index (κ1) is 33.7. The fraction of sp³-hybridized carbons (Fsp3) is 0.0980. The number of benzene rings is 6. The largest absolute Gasteiger partial charge is 0.455 e. The van der Waals surface area contributed by atoms with Crippen LogP contribution in [0.4, 0.5) is 11.4 Å². The number of hydrogen-bond acceptors (Lipinski definition) is 2. The zero-order chi connectivity index (χ0) is 36.5. The highest BCUT2D eigenvalue weighted by molar-refractivity contribution is 6.10. The molecular weight excluding hydrogens is 643 g/mol. The van der Waals surface area contributed by atoms with Crippen LogP contribution in [0.25, 0.3) is 55.3 Å². The molecule has 1 aromatic heterocycles. The molecule has 0 amide bonds. The van der Waals surface area contributed by atoms with Gasteiger partial charge in [0, 0.05) is 39.7 Å². The maximum Gasteiger partial charge on any atom is 0.143 e. The van der Waals surface area contributed by atoms with Crippen molar-refractivity contribution in [3.8, 4) is 22.3 Å². The third-order valence-electron chi connectivity index (χ3n) is 10.7. The van der Waals surface area contributed by atoms with Crippen LogP contribution in [0.5, 0.6) is 0 Å². The molecule has 1 heterocycles. The van der Waals surface area contributed by atoms with Gasteiger partial charge in [-0.25, -0.2) is 0 Å². The number of hydrogen-bond donors (Lipinski definition) is 0. The summed E-state index contributed by atoms with van der Waals surface area (Å²) in [6.07, 6.45) is 10.3. The van der Waals surface area contributed by atoms with Crippen molar-refractivity contribution >= 4 is 44.5 Å². The molecule has 0 saturated heterocycles. The third kappa shape index (κ3) is 6.27. The summed E-state index contributed by atoms with van der Waals surface area (Å²) in [6, 6.07) is 49.8. The maximum absolute atomic E-state index is 6.51. The van der Waals surface area contributed by atoms with Crippen molar-refractivity contribution < 1.29 is 4.42 Å². The Balaban J connectivity index is 1.13. The van der Waals surface area contributed by atoms with E-state index in [0.29, 0.717) is 6.54 Å². The molecule has 0 atom stereocenters. The molecule has 0 fully saturated rings. The quantitative estimate of drug-likeness (QED) is 0.133. The van der Waals surface area contributed by atoms with E-state index in [4.69, 9.17) is 4.42 Å². The van der Waals surface area contributed by atoms with Gasteiger partial charge in [-0.1, -0.05) is 161 Å². The van der Waals surface area contributed by atoms with Crippen molar-refractivity contribution in [3.05, 3.63) is 205 Å². The summed E-state index contributed by atoms with van der Waals surface area (Å²) in [5, 5.41) is 2.34. The van der Waals surface area contributed by atoms with Crippen LogP contribution in [0.3, 0.4) is 0 Å². The molecular formula is C51H43NO. The average molecular weight is 686 g/mol. The van der Waals surface area contributed by atoms with Crippen molar-refractivity contribution in [2.75, 3.05) is 11.4 Å². The molecule has 2 nitrogen and oxygen atoms in total. The van der Waals surface area contributed by atoms with E-state index in [0.717, 1.165) is 44.8 Å². The summed E-state index contributed by atoms with van der Waals surface area (Å²) in [5.74, 6) is 0. The van der Waals surface area contributed by atoms with Gasteiger partial charge < -0.3 is 9.32 Å². The lowest BCUT2D eigenvalue weighted by atomic mass is 9.81. The number of nitrogens with zero attached hydrogens (tertiary/aromatic N) is 1. The van der Waals surface area contributed by atoms with Gasteiger partial charge in [0.15, 0.2) is 0 Å². The summed E-state index contributed by atoms with van der Waals surface area (Å²) >= 11 is 0. The normalized spacial score (nSPS) is 13.7. The van der Waals surface area contributed by atoms with Gasteiger partial charge in [-0.05, 0) is 93.4 Å². The molecule has 258 valence electrons. The van der Waals surface area contributed by atoms with Gasteiger partial charge in [-0.3, -0.25) is 0 Å². The van der Waals surface area contributed by atoms with E-state index < -0.39 is 0 Å². The van der Waals surface area contributed by atoms with Crippen LogP contribution in [-0.4, -0.2) is 6.54 Å². The van der Waals surface area contributed by atoms with E-state index in [1.807, 2.05) is 18.2 Å². The molecule has 0 N–H and O–H groups in total. The Morgan fingerprint density at radius 1 is 0.698 bits per heavy atom. The molecule has 0 saturated carbocycles. The molecule has 53 heavy (non-hydrogen) atoms. The second kappa shape index (κ2) is 14.0. The minimum absolute atomic E-state index is 0.159. The summed E-state index contributed by atoms with van der Waals surface area (Å²) in [6.45, 7) is 15.6. The first-order valence-electron chi connectivity index (χ1n) is 18.3. The van der Waals surface area contributed by atoms with Gasteiger partial charge in [-0.2, -0.15) is 0 Å². The fourth-order valence-corrected chi connectivity index (χ4v) is 7.88. The number of allylic oxidation sites excluding steroid dienone is 7. The highest BCUT2D eigenvalue weighted by Crippen LogP contribution is 2.50. The molecule has 0 aliphatic heterocycles. The van der Waals surface area contributed by atoms with Gasteiger partial charge in [0.2, 0.25) is 0 Å². The van der Waals surface area contributed by atoms with E-state index in [1.165, 1.54) is 44.2 Å². The fourth-order valence-electron chi connectivity index (χ4n) is 7.88. The third-order valence-corrected chi connectivity index (χ3v) is 10.7. The van der Waals surface area contributed by atoms with Crippen molar-refractivity contribution in [3.63, 3.8) is 0 Å². The van der Waals surface area contributed by atoms with Gasteiger partial charge in [-0.15, -0.1) is 0 Å². The highest BCUT2D eigenvalue weighted by atomic mass is 16.3. The topological polar surface area (TPSA) is 16.4 Å². The Morgan fingerprint density at radius 3 is 2.06 bits per heavy atom. The lowest BCUT2D eigenvalue weighted by molar-refractivity contribution is 0.645. The van der Waals surface area contributed by atoms with Crippen LogP contribution >= 0.6 is 0 Å². The average Bonchev–Trinajstić information content (AvgIpc) is 3.67. The summed E-state index contributed by atoms with van der Waals surface area (Å²) in [4.78, 5) is 2.38. The van der Waals surface area contributed by atoms with Crippen molar-refractivity contribution in [1.29, 1.82) is 0 Å². The Kier molecular flexibility index (Phi) is 8.90. The lowest BCUT2D eigenvalue weighted by Crippen LogP contribution is -2.18. The molecule has 0 unspecified atom stereocenters. The minimum Gasteiger partial charge on any atom is -0.455 e. The Hall–Kier alpha value is -6.38. The van der Waals surface area contributed by atoms with E-state index in [9.17, 15) is 0 Å². The monoisotopic (exact) mass is 685 g/mol. The summed E-state index contributed by atoms with van der Waals surface area (Å²) in [5.41, 5.74) is 16.0. The zero-order valence-electron chi connectivity index (χ0n) is 30.6. The second-order valence-electron chi connectivity index (χ2n) is 14.3. The first-order valence-corrected chi connectivity index (χ1v) is 18.3. The molecule has 0 radical (unpaired) electrons. The van der Waals surface area contributed by atoms with Gasteiger partial charge >= 0.3 is 0 Å². The number of anilines is 2. The van der Waals surface area contributed by atoms with Crippen LogP contribution in [-0.2, 0) is 5.41 Å². The molecule has 2 heteroatoms. The molecule has 1 aliphatic carbocycles. The lowest BCUT2D eigenvalue weighted by Gasteiger charge is -2.26. The summed E-state index contributed by atoms with van der Waals surface area (Å²) < 4.78 is 6.51. The van der Waals surface area contributed by atoms with Crippen LogP contribution in [0.2, 0.25) is 0 Å². The molecule has 6 aromatic carbocycles. The van der Waals surface area contributed by atoms with Crippen molar-refractivity contribution in [2.24, 2.45) is 0 Å². The van der Waals surface area contributed by atoms with Crippen LogP contribution < -0.4 is 4.90 Å². The van der Waals surface area contributed by atoms with Crippen molar-refractivity contribution in [1.82, 2.24) is 0 Å². The first-order chi connectivity index (χ1) is 25.8. The molecule has 1 aliphatic rings. The summed E-state index contributed by atoms with van der Waals surface area (Å²) in [7, 11) is 0. The van der Waals surface area contributed by atoms with E-state index in [1.54, 1.807) is 6.08 Å². The number of furan rings is 1. The number of rotatable bonds is 10. The highest BCUT2D eigenvalue weighted by Gasteiger charge is 2.37.